The first-order valence-electron chi connectivity index (χ1n) is 5.98. The van der Waals surface area contributed by atoms with Crippen LogP contribution in [0.3, 0.4) is 0 Å². The molecule has 92 valence electrons. The van der Waals surface area contributed by atoms with Crippen molar-refractivity contribution in [1.82, 2.24) is 0 Å². The summed E-state index contributed by atoms with van der Waals surface area (Å²) in [6.07, 6.45) is 3.04. The van der Waals surface area contributed by atoms with E-state index in [-0.39, 0.29) is 0 Å². The molecule has 4 unspecified atom stereocenters. The maximum atomic E-state index is 2.30. The molecule has 4 atom stereocenters. The van der Waals surface area contributed by atoms with Crippen LogP contribution in [0.5, 0.6) is 0 Å². The molecule has 3 rings (SSSR count). The van der Waals surface area contributed by atoms with Crippen molar-refractivity contribution in [3.05, 3.63) is 0 Å². The topological polar surface area (TPSA) is 0 Å². The average Bonchev–Trinajstić information content (AvgIpc) is 3.17. The van der Waals surface area contributed by atoms with Crippen molar-refractivity contribution in [3.8, 4) is 0 Å². The Morgan fingerprint density at radius 2 is 1.69 bits per heavy atom. The molecule has 3 aliphatic rings. The van der Waals surface area contributed by atoms with Gasteiger partial charge < -0.3 is 0 Å². The third-order valence-corrected chi connectivity index (χ3v) is 12.6. The molecule has 0 nitrogen and oxygen atoms in total. The van der Waals surface area contributed by atoms with Crippen molar-refractivity contribution >= 4 is 62.0 Å². The predicted octanol–water partition coefficient (Wildman–Crippen LogP) is 3.29. The molecule has 16 heavy (non-hydrogen) atoms. The van der Waals surface area contributed by atoms with Crippen LogP contribution in [0.4, 0.5) is 0 Å². The number of thioether (sulfide) groups is 4. The predicted molar refractivity (Wildman–Crippen MR) is 84.8 cm³/mol. The van der Waals surface area contributed by atoms with E-state index in [1.165, 1.54) is 35.9 Å². The molecule has 0 aromatic heterocycles. The Morgan fingerprint density at radius 3 is 2.25 bits per heavy atom. The third kappa shape index (κ3) is 4.55. The molecule has 0 amide bonds. The molecule has 0 aliphatic carbocycles. The molecular weight excluding hydrogens is 339 g/mol. The molecular formula is C11H18S4Se. The van der Waals surface area contributed by atoms with Crippen molar-refractivity contribution in [3.63, 3.8) is 0 Å². The maximum absolute atomic E-state index is 2.30. The first-order valence-corrected chi connectivity index (χ1v) is 12.4. The molecule has 0 radical (unpaired) electrons. The zero-order valence-corrected chi connectivity index (χ0v) is 14.3. The normalized spacial score (nSPS) is 42.0. The van der Waals surface area contributed by atoms with E-state index in [0.717, 1.165) is 34.9 Å². The summed E-state index contributed by atoms with van der Waals surface area (Å²) in [5, 5.41) is 4.68. The van der Waals surface area contributed by atoms with Gasteiger partial charge in [0.15, 0.2) is 0 Å². The fraction of sp³-hybridized carbons (Fsp3) is 1.00. The average molecular weight is 357 g/mol. The Kier molecular flexibility index (Phi) is 5.16. The molecule has 3 fully saturated rings. The zero-order chi connectivity index (χ0) is 10.8. The van der Waals surface area contributed by atoms with Gasteiger partial charge in [0.05, 0.1) is 0 Å². The van der Waals surface area contributed by atoms with Crippen LogP contribution in [0, 0.1) is 0 Å². The second-order valence-electron chi connectivity index (χ2n) is 4.54. The summed E-state index contributed by atoms with van der Waals surface area (Å²) >= 11 is 9.84. The first-order chi connectivity index (χ1) is 7.90. The van der Waals surface area contributed by atoms with Crippen molar-refractivity contribution < 1.29 is 0 Å². The monoisotopic (exact) mass is 358 g/mol. The van der Waals surface area contributed by atoms with Gasteiger partial charge in [0.25, 0.3) is 0 Å². The van der Waals surface area contributed by atoms with Crippen LogP contribution >= 0.6 is 47.0 Å². The molecule has 0 aromatic carbocycles. The van der Waals surface area contributed by atoms with E-state index in [0.29, 0.717) is 0 Å². The second-order valence-corrected chi connectivity index (χ2v) is 13.0. The molecule has 0 saturated carbocycles. The van der Waals surface area contributed by atoms with Gasteiger partial charge in [-0.1, -0.05) is 0 Å². The fourth-order valence-electron chi connectivity index (χ4n) is 1.75. The van der Waals surface area contributed by atoms with Gasteiger partial charge in [-0.15, -0.1) is 0 Å². The first kappa shape index (κ1) is 12.9. The van der Waals surface area contributed by atoms with Gasteiger partial charge in [0.2, 0.25) is 0 Å². The van der Waals surface area contributed by atoms with Gasteiger partial charge in [-0.05, 0) is 0 Å². The number of hydrogen-bond acceptors (Lipinski definition) is 4. The van der Waals surface area contributed by atoms with Crippen molar-refractivity contribution in [2.45, 2.75) is 38.1 Å². The van der Waals surface area contributed by atoms with E-state index >= 15 is 0 Å². The molecule has 3 aliphatic heterocycles. The van der Waals surface area contributed by atoms with Gasteiger partial charge in [-0.2, -0.15) is 0 Å². The van der Waals surface area contributed by atoms with Gasteiger partial charge in [0, 0.05) is 0 Å². The number of hydrogen-bond donors (Lipinski definition) is 0. The Hall–Kier alpha value is 1.92. The summed E-state index contributed by atoms with van der Waals surface area (Å²) in [4.78, 5) is 0. The van der Waals surface area contributed by atoms with Crippen LogP contribution in [-0.4, -0.2) is 57.9 Å². The third-order valence-electron chi connectivity index (χ3n) is 2.98. The molecule has 3 saturated heterocycles. The van der Waals surface area contributed by atoms with E-state index in [2.05, 4.69) is 47.0 Å². The zero-order valence-electron chi connectivity index (χ0n) is 9.30. The van der Waals surface area contributed by atoms with E-state index < -0.39 is 0 Å². The van der Waals surface area contributed by atoms with E-state index in [4.69, 9.17) is 0 Å². The van der Waals surface area contributed by atoms with Crippen molar-refractivity contribution in [2.75, 3.05) is 23.0 Å². The van der Waals surface area contributed by atoms with Crippen LogP contribution in [0.1, 0.15) is 12.8 Å². The van der Waals surface area contributed by atoms with Crippen LogP contribution in [0.2, 0.25) is 5.32 Å². The Bertz CT molecular complexity index is 198. The van der Waals surface area contributed by atoms with Crippen LogP contribution in [0.25, 0.3) is 0 Å². The molecule has 0 spiro atoms. The van der Waals surface area contributed by atoms with E-state index in [1.54, 1.807) is 5.32 Å². The Labute approximate surface area is 122 Å². The molecule has 0 N–H and O–H groups in total. The van der Waals surface area contributed by atoms with Crippen LogP contribution in [-0.2, 0) is 0 Å². The summed E-state index contributed by atoms with van der Waals surface area (Å²) in [6, 6.07) is 0. The standard InChI is InChI=1S/C11H18S4Se/c1-2-11(15-6-10-5-14-10)16-7-8(1)12-3-9-4-13-9/h8-11H,1-7H2. The summed E-state index contributed by atoms with van der Waals surface area (Å²) < 4.78 is 1.07. The second kappa shape index (κ2) is 6.38. The van der Waals surface area contributed by atoms with Gasteiger partial charge >= 0.3 is 123 Å². The van der Waals surface area contributed by atoms with Gasteiger partial charge in [-0.25, -0.2) is 0 Å². The van der Waals surface area contributed by atoms with Crippen LogP contribution in [0.15, 0.2) is 0 Å². The molecule has 0 bridgehead atoms. The summed E-state index contributed by atoms with van der Waals surface area (Å²) in [5.41, 5.74) is 0. The van der Waals surface area contributed by atoms with Crippen molar-refractivity contribution in [1.29, 1.82) is 0 Å². The summed E-state index contributed by atoms with van der Waals surface area (Å²) in [6.45, 7) is 0. The molecule has 3 heterocycles. The Balaban J connectivity index is 1.28. The van der Waals surface area contributed by atoms with E-state index in [9.17, 15) is 0 Å². The quantitative estimate of drug-likeness (QED) is 0.528. The SMILES string of the molecule is C1CC(SCC2CS2)[Se]CC1SCC1CS1. The minimum absolute atomic E-state index is 0.941. The van der Waals surface area contributed by atoms with Gasteiger partial charge in [-0.3, -0.25) is 0 Å². The molecule has 0 aromatic rings. The van der Waals surface area contributed by atoms with Crippen LogP contribution < -0.4 is 0 Å². The fourth-order valence-corrected chi connectivity index (χ4v) is 10.2. The Morgan fingerprint density at radius 1 is 1.00 bits per heavy atom. The number of rotatable bonds is 6. The summed E-state index contributed by atoms with van der Waals surface area (Å²) in [7, 11) is 0. The minimum atomic E-state index is 0.941. The van der Waals surface area contributed by atoms with Gasteiger partial charge in [0.1, 0.15) is 0 Å². The van der Waals surface area contributed by atoms with E-state index in [1.807, 2.05) is 0 Å². The molecule has 5 heteroatoms. The van der Waals surface area contributed by atoms with Crippen molar-refractivity contribution in [2.24, 2.45) is 0 Å². The summed E-state index contributed by atoms with van der Waals surface area (Å²) in [5.74, 6) is 5.79.